The lowest BCUT2D eigenvalue weighted by atomic mass is 9.82. The summed E-state index contributed by atoms with van der Waals surface area (Å²) in [5, 5.41) is 0. The van der Waals surface area contributed by atoms with Crippen molar-refractivity contribution in [1.82, 2.24) is 0 Å². The highest BCUT2D eigenvalue weighted by Crippen LogP contribution is 2.30. The van der Waals surface area contributed by atoms with Crippen LogP contribution in [0.3, 0.4) is 0 Å². The lowest BCUT2D eigenvalue weighted by Gasteiger charge is -2.26. The van der Waals surface area contributed by atoms with Crippen molar-refractivity contribution in [3.63, 3.8) is 0 Å². The van der Waals surface area contributed by atoms with E-state index in [0.29, 0.717) is 11.8 Å². The monoisotopic (exact) mass is 387 g/mol. The first-order valence-corrected chi connectivity index (χ1v) is 12.2. The number of hydrogen-bond donors (Lipinski definition) is 1. The highest BCUT2D eigenvalue weighted by atomic mass is 16.5. The van der Waals surface area contributed by atoms with Gasteiger partial charge in [0.1, 0.15) is 0 Å². The van der Waals surface area contributed by atoms with Crippen molar-refractivity contribution < 1.29 is 4.74 Å². The van der Waals surface area contributed by atoms with Crippen molar-refractivity contribution in [3.8, 4) is 0 Å². The topological polar surface area (TPSA) is 35.2 Å². The third-order valence-electron chi connectivity index (χ3n) is 6.45. The van der Waals surface area contributed by atoms with Gasteiger partial charge >= 0.3 is 0 Å². The van der Waals surface area contributed by atoms with E-state index in [9.17, 15) is 0 Å². The van der Waals surface area contributed by atoms with E-state index < -0.39 is 0 Å². The van der Waals surface area contributed by atoms with Gasteiger partial charge in [-0.1, -0.05) is 83.4 Å². The summed E-state index contributed by atoms with van der Waals surface area (Å²) in [6.45, 7) is 7.19. The molecular formula is C26H45NO. The second-order valence-corrected chi connectivity index (χ2v) is 8.91. The predicted octanol–water partition coefficient (Wildman–Crippen LogP) is 6.79. The van der Waals surface area contributed by atoms with Crippen molar-refractivity contribution in [2.24, 2.45) is 11.7 Å². The number of hydrogen-bond acceptors (Lipinski definition) is 2. The Balaban J connectivity index is 1.62. The van der Waals surface area contributed by atoms with E-state index in [-0.39, 0.29) is 0 Å². The molecule has 2 atom stereocenters. The Bertz CT molecular complexity index is 527. The van der Waals surface area contributed by atoms with Crippen LogP contribution in [-0.2, 0) is 17.6 Å². The summed E-state index contributed by atoms with van der Waals surface area (Å²) in [6.07, 6.45) is 17.0. The van der Waals surface area contributed by atoms with Gasteiger partial charge in [0.2, 0.25) is 0 Å². The molecule has 1 aromatic carbocycles. The molecule has 1 aliphatic rings. The summed E-state index contributed by atoms with van der Waals surface area (Å²) in [5.74, 6) is 1.23. The number of aryl methyl sites for hydroxylation is 1. The van der Waals surface area contributed by atoms with Crippen LogP contribution in [-0.4, -0.2) is 19.8 Å². The predicted molar refractivity (Wildman–Crippen MR) is 122 cm³/mol. The zero-order chi connectivity index (χ0) is 20.0. The third kappa shape index (κ3) is 8.25. The van der Waals surface area contributed by atoms with E-state index in [4.69, 9.17) is 10.5 Å². The lowest BCUT2D eigenvalue weighted by molar-refractivity contribution is 0.0911. The lowest BCUT2D eigenvalue weighted by Crippen LogP contribution is -2.20. The van der Waals surface area contributed by atoms with Crippen molar-refractivity contribution in [2.45, 2.75) is 103 Å². The molecule has 0 spiro atoms. The molecule has 0 saturated carbocycles. The van der Waals surface area contributed by atoms with Gasteiger partial charge in [-0.05, 0) is 67.2 Å². The van der Waals surface area contributed by atoms with Gasteiger partial charge in [-0.25, -0.2) is 0 Å². The van der Waals surface area contributed by atoms with E-state index in [1.165, 1.54) is 89.0 Å². The van der Waals surface area contributed by atoms with Crippen LogP contribution in [0.15, 0.2) is 18.2 Å². The molecule has 0 amide bonds. The van der Waals surface area contributed by atoms with Crippen LogP contribution in [0.1, 0.15) is 107 Å². The quantitative estimate of drug-likeness (QED) is 0.336. The number of fused-ring (bicyclic) bond motifs is 1. The van der Waals surface area contributed by atoms with Gasteiger partial charge in [-0.2, -0.15) is 0 Å². The Labute approximate surface area is 174 Å². The maximum atomic E-state index is 6.03. The SMILES string of the molecule is CCCCCCCCCCOC[C@H]1CCc2cc(C(CN)CCC)ccc2C1. The fraction of sp³-hybridized carbons (Fsp3) is 0.769. The Hall–Kier alpha value is -0.860. The minimum Gasteiger partial charge on any atom is -0.381 e. The van der Waals surface area contributed by atoms with Gasteiger partial charge in [-0.15, -0.1) is 0 Å². The van der Waals surface area contributed by atoms with E-state index in [0.717, 1.165) is 19.8 Å². The summed E-state index contributed by atoms with van der Waals surface area (Å²) in [7, 11) is 0. The van der Waals surface area contributed by atoms with Gasteiger partial charge in [-0.3, -0.25) is 0 Å². The number of benzene rings is 1. The van der Waals surface area contributed by atoms with Crippen LogP contribution in [0.4, 0.5) is 0 Å². The molecule has 0 aromatic heterocycles. The molecule has 2 N–H and O–H groups in total. The van der Waals surface area contributed by atoms with Crippen LogP contribution in [0.2, 0.25) is 0 Å². The molecule has 1 aromatic rings. The maximum Gasteiger partial charge on any atom is 0.0497 e. The number of rotatable bonds is 15. The normalized spacial score (nSPS) is 17.5. The zero-order valence-corrected chi connectivity index (χ0v) is 18.7. The van der Waals surface area contributed by atoms with Crippen LogP contribution in [0.5, 0.6) is 0 Å². The zero-order valence-electron chi connectivity index (χ0n) is 18.7. The summed E-state index contributed by atoms with van der Waals surface area (Å²) >= 11 is 0. The molecule has 28 heavy (non-hydrogen) atoms. The van der Waals surface area contributed by atoms with Crippen molar-refractivity contribution in [1.29, 1.82) is 0 Å². The molecule has 2 rings (SSSR count). The molecule has 0 bridgehead atoms. The van der Waals surface area contributed by atoms with Crippen molar-refractivity contribution in [3.05, 3.63) is 34.9 Å². The molecule has 2 heteroatoms. The fourth-order valence-corrected chi connectivity index (χ4v) is 4.60. The molecular weight excluding hydrogens is 342 g/mol. The number of ether oxygens (including phenoxy) is 1. The second-order valence-electron chi connectivity index (χ2n) is 8.91. The van der Waals surface area contributed by atoms with E-state index >= 15 is 0 Å². The number of nitrogens with two attached hydrogens (primary N) is 1. The number of unbranched alkanes of at least 4 members (excludes halogenated alkanes) is 7. The molecule has 0 heterocycles. The van der Waals surface area contributed by atoms with Gasteiger partial charge in [0.15, 0.2) is 0 Å². The average Bonchev–Trinajstić information content (AvgIpc) is 2.73. The standard InChI is InChI=1S/C26H45NO/c1-3-5-6-7-8-9-10-11-17-28-21-22-13-14-24-19-25(16-15-23(24)18-22)26(20-27)12-4-2/h15-16,19,22,26H,3-14,17-18,20-21,27H2,1-2H3/t22-,26?/m0/s1. The fourth-order valence-electron chi connectivity index (χ4n) is 4.60. The first-order chi connectivity index (χ1) is 13.8. The van der Waals surface area contributed by atoms with Crippen LogP contribution in [0.25, 0.3) is 0 Å². The third-order valence-corrected chi connectivity index (χ3v) is 6.45. The molecule has 0 radical (unpaired) electrons. The Kier molecular flexibility index (Phi) is 11.9. The first kappa shape index (κ1) is 23.4. The molecule has 0 saturated heterocycles. The molecule has 2 nitrogen and oxygen atoms in total. The summed E-state index contributed by atoms with van der Waals surface area (Å²) in [4.78, 5) is 0. The van der Waals surface area contributed by atoms with Gasteiger partial charge in [0, 0.05) is 13.2 Å². The van der Waals surface area contributed by atoms with Crippen LogP contribution >= 0.6 is 0 Å². The smallest absolute Gasteiger partial charge is 0.0497 e. The highest BCUT2D eigenvalue weighted by molar-refractivity contribution is 5.36. The summed E-state index contributed by atoms with van der Waals surface area (Å²) in [6, 6.07) is 7.14. The van der Waals surface area contributed by atoms with Crippen LogP contribution in [0, 0.1) is 5.92 Å². The maximum absolute atomic E-state index is 6.03. The average molecular weight is 388 g/mol. The largest absolute Gasteiger partial charge is 0.381 e. The molecule has 1 unspecified atom stereocenters. The molecule has 160 valence electrons. The Morgan fingerprint density at radius 3 is 2.43 bits per heavy atom. The van der Waals surface area contributed by atoms with Gasteiger partial charge < -0.3 is 10.5 Å². The molecule has 0 fully saturated rings. The van der Waals surface area contributed by atoms with Gasteiger partial charge in [0.25, 0.3) is 0 Å². The first-order valence-electron chi connectivity index (χ1n) is 12.2. The van der Waals surface area contributed by atoms with E-state index in [1.807, 2.05) is 0 Å². The highest BCUT2D eigenvalue weighted by Gasteiger charge is 2.20. The Morgan fingerprint density at radius 1 is 0.964 bits per heavy atom. The summed E-state index contributed by atoms with van der Waals surface area (Å²) in [5.41, 5.74) is 10.6. The Morgan fingerprint density at radius 2 is 1.71 bits per heavy atom. The molecule has 1 aliphatic carbocycles. The van der Waals surface area contributed by atoms with Crippen LogP contribution < -0.4 is 5.73 Å². The minimum atomic E-state index is 0.531. The van der Waals surface area contributed by atoms with Crippen molar-refractivity contribution >= 4 is 0 Å². The minimum absolute atomic E-state index is 0.531. The second kappa shape index (κ2) is 14.2. The van der Waals surface area contributed by atoms with Crippen molar-refractivity contribution in [2.75, 3.05) is 19.8 Å². The van der Waals surface area contributed by atoms with E-state index in [2.05, 4.69) is 32.0 Å². The molecule has 0 aliphatic heterocycles. The summed E-state index contributed by atoms with van der Waals surface area (Å²) < 4.78 is 6.03. The van der Waals surface area contributed by atoms with Gasteiger partial charge in [0.05, 0.1) is 0 Å². The van der Waals surface area contributed by atoms with E-state index in [1.54, 1.807) is 11.1 Å².